The standard InChI is InChI=1S/C31H22OS2.F6P/c32-31(25-9-3-1-4-10-25)29-13-7-8-14-30(29)34-28-21-17-24(18-22-28)23-15-19-27(20-16-23)33-26-11-5-2-6-12-26;1-7(2,3,4,5)6/h1-22H;/q;-1/p+1. The molecule has 0 amide bonds. The van der Waals surface area contributed by atoms with Gasteiger partial charge in [-0.25, -0.2) is 0 Å². The van der Waals surface area contributed by atoms with Crippen molar-refractivity contribution in [3.63, 3.8) is 0 Å². The number of carbonyl (C=O) groups excluding carboxylic acids is 1. The molecule has 0 fully saturated rings. The minimum Gasteiger partial charge on any atom is -0.273 e. The zero-order valence-electron chi connectivity index (χ0n) is 21.2. The van der Waals surface area contributed by atoms with Gasteiger partial charge in [0.1, 0.15) is 0 Å². The average molecular weight is 621 g/mol. The van der Waals surface area contributed by atoms with Gasteiger partial charge in [0, 0.05) is 19.6 Å². The van der Waals surface area contributed by atoms with Gasteiger partial charge in [-0.3, -0.25) is 4.79 Å². The minimum absolute atomic E-state index is 0.300. The molecule has 212 valence electrons. The van der Waals surface area contributed by atoms with Crippen molar-refractivity contribution >= 4 is 37.1 Å². The third kappa shape index (κ3) is 10.8. The molecule has 0 aliphatic heterocycles. The maximum atomic E-state index is 10.9. The van der Waals surface area contributed by atoms with Gasteiger partial charge < -0.3 is 0 Å². The van der Waals surface area contributed by atoms with E-state index in [9.17, 15) is 30.0 Å². The van der Waals surface area contributed by atoms with Gasteiger partial charge in [0.05, 0.1) is 11.1 Å². The molecule has 5 aromatic rings. The predicted molar refractivity (Wildman–Crippen MR) is 158 cm³/mol. The summed E-state index contributed by atoms with van der Waals surface area (Å²) in [7, 11) is -10.7. The number of ketones is 1. The molecule has 5 aromatic carbocycles. The summed E-state index contributed by atoms with van der Waals surface area (Å²) in [6.07, 6.45) is 0. The molecule has 0 saturated carbocycles. The van der Waals surface area contributed by atoms with Crippen LogP contribution in [-0.2, 0) is 0 Å². The summed E-state index contributed by atoms with van der Waals surface area (Å²) in [5.74, 6) is 0.300. The maximum Gasteiger partial charge on any atom is 0.355 e. The Morgan fingerprint density at radius 1 is 0.463 bits per heavy atom. The van der Waals surface area contributed by atoms with E-state index >= 15 is 0 Å². The second kappa shape index (κ2) is 11.8. The van der Waals surface area contributed by atoms with Gasteiger partial charge in [-0.05, 0) is 71.8 Å². The van der Waals surface area contributed by atoms with E-state index in [0.29, 0.717) is 5.78 Å². The van der Waals surface area contributed by atoms with Crippen molar-refractivity contribution in [1.82, 2.24) is 0 Å². The summed E-state index contributed by atoms with van der Waals surface area (Å²) in [6.45, 7) is 0. The normalized spacial score (nSPS) is 12.8. The molecule has 1 N–H and O–H groups in total. The van der Waals surface area contributed by atoms with E-state index in [0.717, 1.165) is 20.9 Å². The average Bonchev–Trinajstić information content (AvgIpc) is 2.93. The molecule has 0 heterocycles. The fourth-order valence-corrected chi connectivity index (χ4v) is 5.47. The largest absolute Gasteiger partial charge is 0.355 e. The number of hydrogen-bond donors (Lipinski definition) is 0. The molecule has 0 saturated heterocycles. The van der Waals surface area contributed by atoms with Crippen molar-refractivity contribution in [1.29, 1.82) is 0 Å². The molecular formula is C31H23F6OPS2. The van der Waals surface area contributed by atoms with Crippen LogP contribution in [0, 0.1) is 0 Å². The summed E-state index contributed by atoms with van der Waals surface area (Å²) in [4.78, 5) is 15.5. The summed E-state index contributed by atoms with van der Waals surface area (Å²) in [5.41, 5.74) is 4.05. The van der Waals surface area contributed by atoms with Gasteiger partial charge in [-0.1, -0.05) is 96.3 Å². The van der Waals surface area contributed by atoms with E-state index in [1.54, 1.807) is 23.5 Å². The van der Waals surface area contributed by atoms with E-state index in [-0.39, 0.29) is 0 Å². The monoisotopic (exact) mass is 620 g/mol. The van der Waals surface area contributed by atoms with Gasteiger partial charge in [0.15, 0.2) is 0 Å². The topological polar surface area (TPSA) is 21.4 Å². The number of hydrogen-bond acceptors (Lipinski definition) is 2. The van der Waals surface area contributed by atoms with Crippen LogP contribution in [0.5, 0.6) is 0 Å². The molecule has 0 atom stereocenters. The first kappa shape index (κ1) is 30.4. The van der Waals surface area contributed by atoms with Crippen molar-refractivity contribution in [2.75, 3.05) is 0 Å². The van der Waals surface area contributed by atoms with E-state index in [2.05, 4.69) is 78.9 Å². The summed E-state index contributed by atoms with van der Waals surface area (Å²) < 4.78 is 59.2. The smallest absolute Gasteiger partial charge is 0.273 e. The van der Waals surface area contributed by atoms with Crippen molar-refractivity contribution in [3.05, 3.63) is 145 Å². The van der Waals surface area contributed by atoms with E-state index < -0.39 is 7.81 Å². The Hall–Kier alpha value is -3.52. The molecule has 1 nitrogen and oxygen atoms in total. The van der Waals surface area contributed by atoms with Crippen molar-refractivity contribution in [3.8, 4) is 11.1 Å². The van der Waals surface area contributed by atoms with Crippen LogP contribution in [0.4, 0.5) is 25.2 Å². The van der Waals surface area contributed by atoms with Crippen LogP contribution in [-0.4, -0.2) is 10.6 Å². The predicted octanol–water partition coefficient (Wildman–Crippen LogP) is 12.0. The Bertz CT molecular complexity index is 1600. The summed E-state index contributed by atoms with van der Waals surface area (Å²) in [6, 6.07) is 45.4. The molecule has 5 rings (SSSR count). The zero-order chi connectivity index (χ0) is 29.6. The van der Waals surface area contributed by atoms with Crippen LogP contribution in [0.3, 0.4) is 0 Å². The number of benzene rings is 5. The van der Waals surface area contributed by atoms with Crippen LogP contribution in [0.2, 0.25) is 0 Å². The molecule has 0 aliphatic carbocycles. The number of rotatable bonds is 7. The van der Waals surface area contributed by atoms with E-state index in [4.69, 9.17) is 0 Å². The fraction of sp³-hybridized carbons (Fsp3) is 0. The van der Waals surface area contributed by atoms with Gasteiger partial charge in [0.25, 0.3) is 0 Å². The second-order valence-corrected chi connectivity index (χ2v) is 12.9. The Labute approximate surface area is 241 Å². The third-order valence-electron chi connectivity index (χ3n) is 5.44. The summed E-state index contributed by atoms with van der Waals surface area (Å²) >= 11 is 3.43. The third-order valence-corrected chi connectivity index (χ3v) is 7.54. The van der Waals surface area contributed by atoms with Crippen LogP contribution in [0.1, 0.15) is 11.1 Å². The van der Waals surface area contributed by atoms with Crippen molar-refractivity contribution in [2.45, 2.75) is 19.6 Å². The first-order valence-electron chi connectivity index (χ1n) is 12.1. The van der Waals surface area contributed by atoms with Crippen molar-refractivity contribution < 1.29 is 30.0 Å². The molecule has 10 heteroatoms. The molecule has 0 spiro atoms. The van der Waals surface area contributed by atoms with Crippen LogP contribution in [0.15, 0.2) is 153 Å². The van der Waals surface area contributed by atoms with Gasteiger partial charge >= 0.3 is 38.8 Å². The Morgan fingerprint density at radius 2 is 0.854 bits per heavy atom. The quantitative estimate of drug-likeness (QED) is 0.0781. The molecule has 0 radical (unpaired) electrons. The molecule has 0 aliphatic rings. The van der Waals surface area contributed by atoms with Gasteiger partial charge in [-0.15, -0.1) is 0 Å². The molecule has 0 aromatic heterocycles. The molecule has 0 unspecified atom stereocenters. The Balaban J connectivity index is 0.000000493. The first-order chi connectivity index (χ1) is 19.2. The second-order valence-electron chi connectivity index (χ2n) is 8.74. The number of halogens is 6. The molecular weight excluding hydrogens is 597 g/mol. The molecule has 41 heavy (non-hydrogen) atoms. The molecule has 0 bridgehead atoms. The van der Waals surface area contributed by atoms with Crippen LogP contribution < -0.4 is 0 Å². The van der Waals surface area contributed by atoms with Crippen LogP contribution >= 0.6 is 31.3 Å². The van der Waals surface area contributed by atoms with Gasteiger partial charge in [0.2, 0.25) is 0 Å². The van der Waals surface area contributed by atoms with Crippen LogP contribution in [0.25, 0.3) is 11.1 Å². The van der Waals surface area contributed by atoms with Crippen molar-refractivity contribution in [2.24, 2.45) is 0 Å². The Kier molecular flexibility index (Phi) is 8.73. The Morgan fingerprint density at radius 3 is 1.37 bits per heavy atom. The zero-order valence-corrected chi connectivity index (χ0v) is 23.7. The maximum absolute atomic E-state index is 10.9. The van der Waals surface area contributed by atoms with E-state index in [1.165, 1.54) is 20.9 Å². The summed E-state index contributed by atoms with van der Waals surface area (Å²) in [5, 5.41) is 0. The fourth-order valence-electron chi connectivity index (χ4n) is 3.69. The first-order valence-corrected chi connectivity index (χ1v) is 15.8. The minimum atomic E-state index is -10.7. The SMILES string of the molecule is F[P-](F)(F)(F)(F)F.[OH+]=C(c1ccccc1)c1ccccc1Sc1ccc(-c2ccc(Sc3ccccc3)cc2)cc1. The van der Waals surface area contributed by atoms with E-state index in [1.807, 2.05) is 54.6 Å². The van der Waals surface area contributed by atoms with Gasteiger partial charge in [-0.2, -0.15) is 0 Å².